The molecule has 33 heavy (non-hydrogen) atoms. The average Bonchev–Trinajstić information content (AvgIpc) is 3.48. The molecule has 0 spiro atoms. The Morgan fingerprint density at radius 1 is 1.00 bits per heavy atom. The highest BCUT2D eigenvalue weighted by Crippen LogP contribution is 2.40. The Bertz CT molecular complexity index is 932. The van der Waals surface area contributed by atoms with Crippen LogP contribution in [0.2, 0.25) is 0 Å². The summed E-state index contributed by atoms with van der Waals surface area (Å²) in [6.07, 6.45) is 0.480. The smallest absolute Gasteiger partial charge is 0.374 e. The zero-order valence-corrected chi connectivity index (χ0v) is 18.6. The maximum Gasteiger partial charge on any atom is 0.374 e. The van der Waals surface area contributed by atoms with E-state index in [9.17, 15) is 19.8 Å². The number of aliphatic hydroxyl groups is 2. The van der Waals surface area contributed by atoms with Gasteiger partial charge in [-0.15, -0.1) is 0 Å². The van der Waals surface area contributed by atoms with Crippen molar-refractivity contribution in [1.82, 2.24) is 0 Å². The van der Waals surface area contributed by atoms with E-state index in [-0.39, 0.29) is 30.5 Å². The first-order chi connectivity index (χ1) is 16.0. The molecule has 2 fully saturated rings. The molecule has 1 saturated carbocycles. The zero-order valence-electron chi connectivity index (χ0n) is 18.6. The lowest BCUT2D eigenvalue weighted by molar-refractivity contribution is -0.128. The molecule has 8 nitrogen and oxygen atoms in total. The van der Waals surface area contributed by atoms with E-state index >= 15 is 0 Å². The van der Waals surface area contributed by atoms with Crippen LogP contribution in [0.5, 0.6) is 5.75 Å². The van der Waals surface area contributed by atoms with Crippen molar-refractivity contribution >= 4 is 11.8 Å². The summed E-state index contributed by atoms with van der Waals surface area (Å²) < 4.78 is 21.2. The molecule has 4 rings (SSSR count). The van der Waals surface area contributed by atoms with Crippen LogP contribution in [0.1, 0.15) is 54.1 Å². The lowest BCUT2D eigenvalue weighted by atomic mass is 9.76. The molecule has 2 aromatic rings. The van der Waals surface area contributed by atoms with Crippen LogP contribution in [0.4, 0.5) is 0 Å². The Labute approximate surface area is 192 Å². The number of ether oxygens (including phenoxy) is 3. The fourth-order valence-electron chi connectivity index (χ4n) is 4.85. The number of hydrogen-bond donors (Lipinski definition) is 2. The number of carbonyl (C=O) groups excluding carboxylic acids is 2. The van der Waals surface area contributed by atoms with Crippen molar-refractivity contribution in [3.63, 3.8) is 0 Å². The van der Waals surface area contributed by atoms with Crippen LogP contribution in [0.15, 0.2) is 47.1 Å². The molecule has 1 aromatic carbocycles. The van der Waals surface area contributed by atoms with Crippen LogP contribution in [0, 0.1) is 5.92 Å². The van der Waals surface area contributed by atoms with Crippen LogP contribution in [-0.4, -0.2) is 60.1 Å². The molecular formula is C25H30O8. The van der Waals surface area contributed by atoms with Crippen LogP contribution >= 0.6 is 0 Å². The van der Waals surface area contributed by atoms with Gasteiger partial charge in [0.05, 0.1) is 19.5 Å². The highest BCUT2D eigenvalue weighted by atomic mass is 16.6. The molecule has 2 heterocycles. The largest absolute Gasteiger partial charge is 0.496 e. The fourth-order valence-corrected chi connectivity index (χ4v) is 4.85. The minimum absolute atomic E-state index is 0.0187. The predicted molar refractivity (Wildman–Crippen MR) is 117 cm³/mol. The normalized spacial score (nSPS) is 29.5. The number of para-hydroxylation sites is 1. The van der Waals surface area contributed by atoms with E-state index in [1.54, 1.807) is 13.2 Å². The van der Waals surface area contributed by atoms with Gasteiger partial charge in [-0.05, 0) is 55.4 Å². The Hall–Kier alpha value is -2.68. The van der Waals surface area contributed by atoms with Crippen molar-refractivity contribution in [2.24, 2.45) is 5.92 Å². The number of methoxy groups -OCH3 is 1. The maximum atomic E-state index is 12.9. The van der Waals surface area contributed by atoms with Crippen molar-refractivity contribution in [3.8, 4) is 5.75 Å². The number of esters is 1. The van der Waals surface area contributed by atoms with E-state index in [0.717, 1.165) is 31.4 Å². The molecule has 4 unspecified atom stereocenters. The van der Waals surface area contributed by atoms with Gasteiger partial charge in [-0.2, -0.15) is 0 Å². The van der Waals surface area contributed by atoms with Gasteiger partial charge in [-0.3, -0.25) is 4.79 Å². The molecule has 0 amide bonds. The molecule has 0 bridgehead atoms. The van der Waals surface area contributed by atoms with E-state index in [1.807, 2.05) is 18.2 Å². The highest BCUT2D eigenvalue weighted by molar-refractivity contribution is 5.86. The summed E-state index contributed by atoms with van der Waals surface area (Å²) in [4.78, 5) is 24.8. The second-order valence-corrected chi connectivity index (χ2v) is 8.73. The molecule has 0 radical (unpaired) electrons. The summed E-state index contributed by atoms with van der Waals surface area (Å²) >= 11 is 0. The third-order valence-corrected chi connectivity index (χ3v) is 6.73. The van der Waals surface area contributed by atoms with Crippen molar-refractivity contribution < 1.29 is 38.4 Å². The lowest BCUT2D eigenvalue weighted by Gasteiger charge is -2.29. The number of Topliss-reactive ketones (excluding diaryl/α,β-unsaturated/α-hetero) is 1. The van der Waals surface area contributed by atoms with E-state index in [1.165, 1.54) is 17.9 Å². The lowest BCUT2D eigenvalue weighted by Crippen LogP contribution is -2.36. The fraction of sp³-hybridized carbons (Fsp3) is 0.520. The van der Waals surface area contributed by atoms with Gasteiger partial charge in [-0.25, -0.2) is 4.79 Å². The molecule has 1 aliphatic carbocycles. The number of aliphatic hydroxyl groups excluding tert-OH is 2. The third-order valence-electron chi connectivity index (χ3n) is 6.73. The van der Waals surface area contributed by atoms with Crippen molar-refractivity contribution in [1.29, 1.82) is 0 Å². The maximum absolute atomic E-state index is 12.9. The van der Waals surface area contributed by atoms with E-state index < -0.39 is 30.4 Å². The molecule has 1 aliphatic heterocycles. The predicted octanol–water partition coefficient (Wildman–Crippen LogP) is 2.87. The summed E-state index contributed by atoms with van der Waals surface area (Å²) in [6, 6.07) is 11.0. The molecule has 2 aliphatic rings. The molecule has 1 aromatic heterocycles. The van der Waals surface area contributed by atoms with E-state index in [2.05, 4.69) is 6.07 Å². The number of ketones is 1. The van der Waals surface area contributed by atoms with E-state index in [4.69, 9.17) is 18.6 Å². The second kappa shape index (κ2) is 10.5. The Balaban J connectivity index is 1.26. The zero-order chi connectivity index (χ0) is 23.4. The Morgan fingerprint density at radius 2 is 1.73 bits per heavy atom. The minimum atomic E-state index is -1.24. The summed E-state index contributed by atoms with van der Waals surface area (Å²) in [7, 11) is 1.67. The van der Waals surface area contributed by atoms with Crippen LogP contribution in [-0.2, 0) is 14.3 Å². The first kappa shape index (κ1) is 23.5. The number of rotatable bonds is 8. The van der Waals surface area contributed by atoms with Gasteiger partial charge in [0.15, 0.2) is 0 Å². The molecule has 2 N–H and O–H groups in total. The summed E-state index contributed by atoms with van der Waals surface area (Å²) in [6.45, 7) is -0.244. The van der Waals surface area contributed by atoms with E-state index in [0.29, 0.717) is 5.92 Å². The number of benzene rings is 1. The number of furan rings is 1. The topological polar surface area (TPSA) is 115 Å². The first-order valence-corrected chi connectivity index (χ1v) is 11.4. The van der Waals surface area contributed by atoms with Gasteiger partial charge >= 0.3 is 5.97 Å². The summed E-state index contributed by atoms with van der Waals surface area (Å²) in [5.74, 6) is 0.518. The number of carbonyl (C=O) groups is 2. The molecule has 178 valence electrons. The number of hydrogen-bond acceptors (Lipinski definition) is 8. The minimum Gasteiger partial charge on any atom is -0.496 e. The standard InChI is InChI=1S/C25H30O8/c1-30-19-6-3-2-5-17(19)15-8-10-16(11-9-15)18(26)13-21-23(27)24(28)22(33-21)14-32-25(29)20-7-4-12-31-20/h2-7,12,15-16,21-24,27-28H,8-11,13-14H2,1H3. The van der Waals surface area contributed by atoms with Gasteiger partial charge in [0, 0.05) is 12.3 Å². The Kier molecular flexibility index (Phi) is 7.47. The molecular weight excluding hydrogens is 428 g/mol. The van der Waals surface area contributed by atoms with Crippen LogP contribution < -0.4 is 4.74 Å². The van der Waals surface area contributed by atoms with Crippen molar-refractivity contribution in [2.45, 2.75) is 62.4 Å². The van der Waals surface area contributed by atoms with Gasteiger partial charge in [0.2, 0.25) is 5.76 Å². The summed E-state index contributed by atoms with van der Waals surface area (Å²) in [5, 5.41) is 20.7. The second-order valence-electron chi connectivity index (χ2n) is 8.73. The van der Waals surface area contributed by atoms with Gasteiger partial charge in [0.25, 0.3) is 0 Å². The van der Waals surface area contributed by atoms with Gasteiger partial charge < -0.3 is 28.8 Å². The van der Waals surface area contributed by atoms with Gasteiger partial charge in [0.1, 0.15) is 36.5 Å². The average molecular weight is 459 g/mol. The third kappa shape index (κ3) is 5.29. The van der Waals surface area contributed by atoms with Gasteiger partial charge in [-0.1, -0.05) is 18.2 Å². The first-order valence-electron chi connectivity index (χ1n) is 11.4. The highest BCUT2D eigenvalue weighted by Gasteiger charge is 2.44. The quantitative estimate of drug-likeness (QED) is 0.580. The van der Waals surface area contributed by atoms with Crippen molar-refractivity contribution in [2.75, 3.05) is 13.7 Å². The summed E-state index contributed by atoms with van der Waals surface area (Å²) in [5.41, 5.74) is 1.18. The Morgan fingerprint density at radius 3 is 2.42 bits per heavy atom. The SMILES string of the molecule is COc1ccccc1C1CCC(C(=O)CC2OC(COC(=O)c3ccco3)C(O)C2O)CC1. The monoisotopic (exact) mass is 458 g/mol. The molecule has 1 saturated heterocycles. The molecule has 8 heteroatoms. The van der Waals surface area contributed by atoms with Crippen molar-refractivity contribution in [3.05, 3.63) is 54.0 Å². The van der Waals surface area contributed by atoms with Crippen LogP contribution in [0.25, 0.3) is 0 Å². The molecule has 4 atom stereocenters. The van der Waals surface area contributed by atoms with Crippen LogP contribution in [0.3, 0.4) is 0 Å².